The molecule has 3 N–H and O–H groups in total. The molecule has 0 unspecified atom stereocenters. The quantitative estimate of drug-likeness (QED) is 0.206. The van der Waals surface area contributed by atoms with E-state index in [0.29, 0.717) is 18.6 Å². The van der Waals surface area contributed by atoms with Crippen LogP contribution in [-0.4, -0.2) is 38.7 Å². The number of aromatic nitrogens is 4. The molecule has 0 aliphatic rings. The number of ether oxygens (including phenoxy) is 1. The first-order valence-electron chi connectivity index (χ1n) is 12.9. The molecular formula is C29H35N5O3. The largest absolute Gasteiger partial charge is 0.497 e. The van der Waals surface area contributed by atoms with Gasteiger partial charge in [0.1, 0.15) is 17.4 Å². The number of hydrogen-bond acceptors (Lipinski definition) is 5. The number of aromatic amines is 2. The van der Waals surface area contributed by atoms with E-state index in [1.54, 1.807) is 25.7 Å². The molecule has 1 amide bonds. The summed E-state index contributed by atoms with van der Waals surface area (Å²) in [7, 11) is 1.64. The number of methoxy groups -OCH3 is 1. The van der Waals surface area contributed by atoms with Crippen LogP contribution in [0.4, 0.5) is 0 Å². The number of pyridine rings is 1. The van der Waals surface area contributed by atoms with Gasteiger partial charge in [-0.2, -0.15) is 0 Å². The Labute approximate surface area is 217 Å². The lowest BCUT2D eigenvalue weighted by Gasteiger charge is -2.17. The van der Waals surface area contributed by atoms with Gasteiger partial charge >= 0.3 is 0 Å². The third-order valence-corrected chi connectivity index (χ3v) is 6.76. The van der Waals surface area contributed by atoms with Gasteiger partial charge in [0.25, 0.3) is 0 Å². The predicted molar refractivity (Wildman–Crippen MR) is 144 cm³/mol. The molecule has 3 aromatic heterocycles. The van der Waals surface area contributed by atoms with Gasteiger partial charge in [0.2, 0.25) is 5.91 Å². The zero-order valence-electron chi connectivity index (χ0n) is 21.8. The zero-order chi connectivity index (χ0) is 26.2. The van der Waals surface area contributed by atoms with E-state index in [1.165, 1.54) is 0 Å². The Morgan fingerprint density at radius 1 is 1.08 bits per heavy atom. The molecule has 3 heterocycles. The number of ketones is 1. The number of carbonyl (C=O) groups is 2. The minimum absolute atomic E-state index is 0.0696. The number of amides is 1. The monoisotopic (exact) mass is 501 g/mol. The van der Waals surface area contributed by atoms with Crippen LogP contribution in [0.15, 0.2) is 48.9 Å². The smallest absolute Gasteiger partial charge is 0.225 e. The van der Waals surface area contributed by atoms with Crippen LogP contribution >= 0.6 is 0 Å². The van der Waals surface area contributed by atoms with E-state index in [4.69, 9.17) is 4.74 Å². The first-order chi connectivity index (χ1) is 18.0. The molecule has 0 radical (unpaired) electrons. The second-order valence-electron chi connectivity index (χ2n) is 9.35. The molecule has 0 bridgehead atoms. The van der Waals surface area contributed by atoms with Crippen LogP contribution in [0.3, 0.4) is 0 Å². The number of nitrogens with zero attached hydrogens (tertiary/aromatic N) is 2. The summed E-state index contributed by atoms with van der Waals surface area (Å²) in [6, 6.07) is 9.42. The van der Waals surface area contributed by atoms with Gasteiger partial charge in [0.05, 0.1) is 31.5 Å². The number of imidazole rings is 1. The fourth-order valence-corrected chi connectivity index (χ4v) is 4.62. The SMILES string of the molecule is CCC(=O)CCCCC[C@H](NC(=O)Cc1c(C)[nH]c2ccc(OC)cc12)c1ncc(-c2ccncc2)[nH]1. The topological polar surface area (TPSA) is 113 Å². The number of benzene rings is 1. The lowest BCUT2D eigenvalue weighted by Crippen LogP contribution is -2.30. The van der Waals surface area contributed by atoms with E-state index in [1.807, 2.05) is 44.2 Å². The Hall–Kier alpha value is -3.94. The molecule has 0 fully saturated rings. The molecule has 37 heavy (non-hydrogen) atoms. The summed E-state index contributed by atoms with van der Waals surface area (Å²) >= 11 is 0. The zero-order valence-corrected chi connectivity index (χ0v) is 21.8. The van der Waals surface area contributed by atoms with Gasteiger partial charge in [-0.05, 0) is 55.7 Å². The van der Waals surface area contributed by atoms with Gasteiger partial charge < -0.3 is 20.0 Å². The Kier molecular flexibility index (Phi) is 8.72. The Morgan fingerprint density at radius 2 is 1.89 bits per heavy atom. The molecule has 0 saturated carbocycles. The van der Waals surface area contributed by atoms with Crippen molar-refractivity contribution in [3.8, 4) is 17.0 Å². The highest BCUT2D eigenvalue weighted by Crippen LogP contribution is 2.28. The van der Waals surface area contributed by atoms with Crippen LogP contribution in [-0.2, 0) is 16.0 Å². The third kappa shape index (κ3) is 6.64. The van der Waals surface area contributed by atoms with E-state index in [2.05, 4.69) is 25.3 Å². The predicted octanol–water partition coefficient (Wildman–Crippen LogP) is 5.60. The van der Waals surface area contributed by atoms with Gasteiger partial charge in [-0.1, -0.05) is 19.8 Å². The molecule has 0 spiro atoms. The van der Waals surface area contributed by atoms with Crippen molar-refractivity contribution in [2.45, 2.75) is 64.8 Å². The maximum atomic E-state index is 13.3. The maximum absolute atomic E-state index is 13.3. The molecule has 0 saturated heterocycles. The average molecular weight is 502 g/mol. The minimum atomic E-state index is -0.259. The van der Waals surface area contributed by atoms with Gasteiger partial charge in [-0.3, -0.25) is 14.6 Å². The number of H-pyrrole nitrogens is 2. The van der Waals surface area contributed by atoms with Crippen molar-refractivity contribution in [3.05, 3.63) is 66.0 Å². The Bertz CT molecular complexity index is 1340. The van der Waals surface area contributed by atoms with E-state index in [9.17, 15) is 9.59 Å². The normalized spacial score (nSPS) is 12.0. The molecule has 4 aromatic rings. The molecule has 1 atom stereocenters. The summed E-state index contributed by atoms with van der Waals surface area (Å²) in [6.07, 6.45) is 10.1. The van der Waals surface area contributed by atoms with Crippen LogP contribution in [0.25, 0.3) is 22.2 Å². The maximum Gasteiger partial charge on any atom is 0.225 e. The van der Waals surface area contributed by atoms with Gasteiger partial charge in [-0.25, -0.2) is 4.98 Å². The molecule has 4 rings (SSSR count). The van der Waals surface area contributed by atoms with Crippen LogP contribution in [0.1, 0.15) is 68.6 Å². The fraction of sp³-hybridized carbons (Fsp3) is 0.379. The molecular weight excluding hydrogens is 466 g/mol. The molecule has 8 nitrogen and oxygen atoms in total. The third-order valence-electron chi connectivity index (χ3n) is 6.76. The number of unbranched alkanes of at least 4 members (excludes halogenated alkanes) is 2. The highest BCUT2D eigenvalue weighted by molar-refractivity contribution is 5.91. The van der Waals surface area contributed by atoms with Crippen LogP contribution in [0.5, 0.6) is 5.75 Å². The summed E-state index contributed by atoms with van der Waals surface area (Å²) in [5.41, 5.74) is 4.77. The Balaban J connectivity index is 1.48. The molecule has 0 aliphatic heterocycles. The first kappa shape index (κ1) is 26.1. The van der Waals surface area contributed by atoms with Crippen molar-refractivity contribution in [1.29, 1.82) is 0 Å². The Morgan fingerprint density at radius 3 is 2.65 bits per heavy atom. The second-order valence-corrected chi connectivity index (χ2v) is 9.35. The van der Waals surface area contributed by atoms with Crippen LogP contribution in [0, 0.1) is 6.92 Å². The fourth-order valence-electron chi connectivity index (χ4n) is 4.62. The summed E-state index contributed by atoms with van der Waals surface area (Å²) in [4.78, 5) is 40.4. The average Bonchev–Trinajstić information content (AvgIpc) is 3.53. The molecule has 1 aromatic carbocycles. The van der Waals surface area contributed by atoms with Crippen molar-refractivity contribution < 1.29 is 14.3 Å². The summed E-state index contributed by atoms with van der Waals surface area (Å²) < 4.78 is 5.39. The second kappa shape index (κ2) is 12.3. The highest BCUT2D eigenvalue weighted by atomic mass is 16.5. The summed E-state index contributed by atoms with van der Waals surface area (Å²) in [5, 5.41) is 4.20. The lowest BCUT2D eigenvalue weighted by atomic mass is 10.0. The number of hydrogen-bond donors (Lipinski definition) is 3. The van der Waals surface area contributed by atoms with Crippen molar-refractivity contribution >= 4 is 22.6 Å². The van der Waals surface area contributed by atoms with Crippen molar-refractivity contribution in [2.75, 3.05) is 7.11 Å². The molecule has 8 heteroatoms. The number of nitrogens with one attached hydrogen (secondary N) is 3. The number of carbonyl (C=O) groups excluding carboxylic acids is 2. The summed E-state index contributed by atoms with van der Waals surface area (Å²) in [6.45, 7) is 3.88. The molecule has 194 valence electrons. The first-order valence-corrected chi connectivity index (χ1v) is 12.9. The van der Waals surface area contributed by atoms with Gasteiger partial charge in [0, 0.05) is 47.4 Å². The van der Waals surface area contributed by atoms with E-state index < -0.39 is 0 Å². The van der Waals surface area contributed by atoms with Crippen molar-refractivity contribution in [3.63, 3.8) is 0 Å². The number of aryl methyl sites for hydroxylation is 1. The number of rotatable bonds is 13. The van der Waals surface area contributed by atoms with Gasteiger partial charge in [-0.15, -0.1) is 0 Å². The van der Waals surface area contributed by atoms with E-state index >= 15 is 0 Å². The lowest BCUT2D eigenvalue weighted by molar-refractivity contribution is -0.121. The standard InChI is InChI=1S/C29H35N5O3/c1-4-21(35)8-6-5-7-9-26(29-31-18-27(34-29)20-12-14-30-15-13-20)33-28(36)17-23-19(2)32-25-11-10-22(37-3)16-24(23)25/h10-16,18,26,32H,4-9,17H2,1-3H3,(H,31,34)(H,33,36)/t26-/m0/s1. The van der Waals surface area contributed by atoms with E-state index in [-0.39, 0.29) is 18.4 Å². The van der Waals surface area contributed by atoms with Crippen LogP contribution in [0.2, 0.25) is 0 Å². The van der Waals surface area contributed by atoms with E-state index in [0.717, 1.165) is 70.7 Å². The minimum Gasteiger partial charge on any atom is -0.497 e. The van der Waals surface area contributed by atoms with Crippen molar-refractivity contribution in [2.24, 2.45) is 0 Å². The van der Waals surface area contributed by atoms with Crippen molar-refractivity contribution in [1.82, 2.24) is 25.3 Å². The number of fused-ring (bicyclic) bond motifs is 1. The number of Topliss-reactive ketones (excluding diaryl/α,β-unsaturated/α-hetero) is 1. The summed E-state index contributed by atoms with van der Waals surface area (Å²) in [5.74, 6) is 1.71. The van der Waals surface area contributed by atoms with Gasteiger partial charge in [0.15, 0.2) is 0 Å². The highest BCUT2D eigenvalue weighted by Gasteiger charge is 2.20. The van der Waals surface area contributed by atoms with Crippen LogP contribution < -0.4 is 10.1 Å². The molecule has 0 aliphatic carbocycles.